The van der Waals surface area contributed by atoms with E-state index in [9.17, 15) is 44.3 Å². The third kappa shape index (κ3) is 13.9. The molecule has 2 aliphatic heterocycles. The Balaban J connectivity index is 0.000000413. The number of aryl methyl sites for hydroxylation is 1. The van der Waals surface area contributed by atoms with E-state index in [2.05, 4.69) is 14.9 Å². The van der Waals surface area contributed by atoms with Crippen molar-refractivity contribution in [3.63, 3.8) is 0 Å². The van der Waals surface area contributed by atoms with E-state index in [0.717, 1.165) is 44.0 Å². The third-order valence-corrected chi connectivity index (χ3v) is 5.69. The molecule has 0 bridgehead atoms. The van der Waals surface area contributed by atoms with Crippen molar-refractivity contribution in [3.05, 3.63) is 54.1 Å². The fourth-order valence-electron chi connectivity index (χ4n) is 3.65. The second-order valence-corrected chi connectivity index (χ2v) is 9.16. The van der Waals surface area contributed by atoms with E-state index in [0.29, 0.717) is 11.6 Å². The Kier molecular flexibility index (Phi) is 14.2. The van der Waals surface area contributed by atoms with Gasteiger partial charge in [-0.3, -0.25) is 19.7 Å². The Hall–Kier alpha value is -4.69. The highest BCUT2D eigenvalue weighted by atomic mass is 19.4. The van der Waals surface area contributed by atoms with Crippen LogP contribution in [0.25, 0.3) is 0 Å². The average molecular weight is 680 g/mol. The summed E-state index contributed by atoms with van der Waals surface area (Å²) in [5, 5.41) is 21.4. The van der Waals surface area contributed by atoms with Crippen LogP contribution >= 0.6 is 0 Å². The van der Waals surface area contributed by atoms with E-state index in [-0.39, 0.29) is 12.0 Å². The zero-order valence-corrected chi connectivity index (χ0v) is 23.3. The number of rotatable bonds is 3. The summed E-state index contributed by atoms with van der Waals surface area (Å²) in [4.78, 5) is 52.1. The number of aliphatic carboxylic acids is 3. The third-order valence-electron chi connectivity index (χ3n) is 5.69. The summed E-state index contributed by atoms with van der Waals surface area (Å²) in [6, 6.07) is 7.92. The zero-order valence-electron chi connectivity index (χ0n) is 23.3. The number of aromatic nitrogens is 2. The molecule has 46 heavy (non-hydrogen) atoms. The van der Waals surface area contributed by atoms with Crippen molar-refractivity contribution in [2.24, 2.45) is 0 Å². The minimum Gasteiger partial charge on any atom is -0.487 e. The quantitative estimate of drug-likeness (QED) is 0.405. The largest absolute Gasteiger partial charge is 0.490 e. The maximum Gasteiger partial charge on any atom is 0.490 e. The molecule has 12 nitrogen and oxygen atoms in total. The second-order valence-electron chi connectivity index (χ2n) is 9.16. The maximum absolute atomic E-state index is 12.7. The number of alkyl halides is 9. The van der Waals surface area contributed by atoms with E-state index in [1.165, 1.54) is 0 Å². The Morgan fingerprint density at radius 1 is 0.804 bits per heavy atom. The molecule has 2 aromatic rings. The maximum atomic E-state index is 12.7. The van der Waals surface area contributed by atoms with Gasteiger partial charge in [-0.25, -0.2) is 14.4 Å². The number of piperazine rings is 1. The highest BCUT2D eigenvalue weighted by molar-refractivity contribution is 5.94. The van der Waals surface area contributed by atoms with Gasteiger partial charge in [-0.15, -0.1) is 0 Å². The van der Waals surface area contributed by atoms with E-state index >= 15 is 0 Å². The number of carbonyl (C=O) groups is 4. The van der Waals surface area contributed by atoms with Gasteiger partial charge in [-0.1, -0.05) is 0 Å². The van der Waals surface area contributed by atoms with Gasteiger partial charge in [-0.05, 0) is 31.2 Å². The SMILES string of the molecule is Cc1ccc(C(=O)N2CCN3C[C@H](Oc4cccnc4)C[C@H]3C2)cn1.O=C(O)C(F)(F)F.O=C(O)C(F)(F)F.O=C(O)C(F)(F)F. The molecule has 0 saturated carbocycles. The second kappa shape index (κ2) is 16.6. The lowest BCUT2D eigenvalue weighted by Crippen LogP contribution is -2.52. The molecule has 1 amide bonds. The van der Waals surface area contributed by atoms with Gasteiger partial charge >= 0.3 is 36.4 Å². The van der Waals surface area contributed by atoms with Crippen molar-refractivity contribution >= 4 is 23.8 Å². The van der Waals surface area contributed by atoms with Gasteiger partial charge < -0.3 is 25.0 Å². The van der Waals surface area contributed by atoms with Crippen molar-refractivity contribution < 1.29 is 78.7 Å². The van der Waals surface area contributed by atoms with Gasteiger partial charge in [0.1, 0.15) is 11.9 Å². The van der Waals surface area contributed by atoms with Crippen LogP contribution in [0.15, 0.2) is 42.9 Å². The van der Waals surface area contributed by atoms with Gasteiger partial charge in [0.05, 0.1) is 11.8 Å². The standard InChI is InChI=1S/C19H22N4O2.3C2HF3O2/c1-14-4-5-15(10-21-14)19(24)23-8-7-22-13-18(9-16(22)12-23)25-17-3-2-6-20-11-17;3*3-2(4,5)1(6)7/h2-6,10-11,16,18H,7-9,12-13H2,1H3;3*(H,6,7)/t16-,18+;;;/m0.../s1. The number of fused-ring (bicyclic) bond motifs is 1. The molecule has 0 radical (unpaired) electrons. The molecular formula is C25H25F9N4O8. The summed E-state index contributed by atoms with van der Waals surface area (Å²) in [5.74, 6) is -7.39. The number of hydrogen-bond acceptors (Lipinski definition) is 8. The molecule has 2 fully saturated rings. The lowest BCUT2D eigenvalue weighted by Gasteiger charge is -2.37. The van der Waals surface area contributed by atoms with Gasteiger partial charge in [0.15, 0.2) is 0 Å². The molecule has 2 atom stereocenters. The van der Waals surface area contributed by atoms with Crippen molar-refractivity contribution in [1.29, 1.82) is 0 Å². The highest BCUT2D eigenvalue weighted by Crippen LogP contribution is 2.26. The number of ether oxygens (including phenoxy) is 1. The number of hydrogen-bond donors (Lipinski definition) is 3. The number of carboxylic acids is 3. The van der Waals surface area contributed by atoms with Crippen LogP contribution in [0, 0.1) is 6.92 Å². The molecule has 2 saturated heterocycles. The topological polar surface area (TPSA) is 170 Å². The summed E-state index contributed by atoms with van der Waals surface area (Å²) in [7, 11) is 0. The number of carboxylic acid groups (broad SMARTS) is 3. The van der Waals surface area contributed by atoms with Crippen molar-refractivity contribution in [3.8, 4) is 5.75 Å². The highest BCUT2D eigenvalue weighted by Gasteiger charge is 2.40. The fraction of sp³-hybridized carbons (Fsp3) is 0.440. The predicted molar refractivity (Wildman–Crippen MR) is 135 cm³/mol. The summed E-state index contributed by atoms with van der Waals surface area (Å²) >= 11 is 0. The lowest BCUT2D eigenvalue weighted by atomic mass is 10.1. The van der Waals surface area contributed by atoms with Gasteiger partial charge in [0, 0.05) is 56.7 Å². The molecule has 2 aromatic heterocycles. The van der Waals surface area contributed by atoms with E-state index < -0.39 is 36.4 Å². The molecule has 0 aromatic carbocycles. The van der Waals surface area contributed by atoms with E-state index in [1.807, 2.05) is 36.1 Å². The first kappa shape index (κ1) is 39.3. The van der Waals surface area contributed by atoms with Crippen LogP contribution in [0.1, 0.15) is 22.5 Å². The van der Waals surface area contributed by atoms with Crippen LogP contribution in [0.2, 0.25) is 0 Å². The fourth-order valence-corrected chi connectivity index (χ4v) is 3.65. The summed E-state index contributed by atoms with van der Waals surface area (Å²) in [6.45, 7) is 5.23. The van der Waals surface area contributed by atoms with Gasteiger partial charge in [-0.2, -0.15) is 39.5 Å². The van der Waals surface area contributed by atoms with Crippen LogP contribution in [-0.2, 0) is 14.4 Å². The molecule has 3 N–H and O–H groups in total. The molecule has 4 rings (SSSR count). The number of nitrogens with zero attached hydrogens (tertiary/aromatic N) is 4. The zero-order chi connectivity index (χ0) is 35.5. The van der Waals surface area contributed by atoms with Crippen molar-refractivity contribution in [1.82, 2.24) is 19.8 Å². The summed E-state index contributed by atoms with van der Waals surface area (Å²) in [5.41, 5.74) is 1.59. The Bertz CT molecular complexity index is 1250. The van der Waals surface area contributed by atoms with Crippen molar-refractivity contribution in [2.75, 3.05) is 26.2 Å². The van der Waals surface area contributed by atoms with Crippen LogP contribution in [-0.4, -0.2) is 116 Å². The summed E-state index contributed by atoms with van der Waals surface area (Å²) in [6.07, 6.45) is -8.99. The monoisotopic (exact) mass is 680 g/mol. The predicted octanol–water partition coefficient (Wildman–Crippen LogP) is 3.66. The van der Waals surface area contributed by atoms with Crippen LogP contribution in [0.5, 0.6) is 5.75 Å². The minimum absolute atomic E-state index is 0.0729. The normalized spacial score (nSPS) is 17.8. The van der Waals surface area contributed by atoms with Crippen LogP contribution in [0.4, 0.5) is 39.5 Å². The Morgan fingerprint density at radius 2 is 1.33 bits per heavy atom. The van der Waals surface area contributed by atoms with E-state index in [1.54, 1.807) is 18.6 Å². The molecule has 4 heterocycles. The molecule has 256 valence electrons. The Morgan fingerprint density at radius 3 is 1.74 bits per heavy atom. The lowest BCUT2D eigenvalue weighted by molar-refractivity contribution is -0.193. The van der Waals surface area contributed by atoms with Crippen LogP contribution in [0.3, 0.4) is 0 Å². The smallest absolute Gasteiger partial charge is 0.487 e. The van der Waals surface area contributed by atoms with Crippen LogP contribution < -0.4 is 4.74 Å². The van der Waals surface area contributed by atoms with Gasteiger partial charge in [0.25, 0.3) is 5.91 Å². The number of amides is 1. The first-order valence-electron chi connectivity index (χ1n) is 12.4. The first-order chi connectivity index (χ1) is 21.0. The molecular weight excluding hydrogens is 655 g/mol. The van der Waals surface area contributed by atoms with Crippen molar-refractivity contribution in [2.45, 2.75) is 44.0 Å². The van der Waals surface area contributed by atoms with E-state index in [4.69, 9.17) is 34.4 Å². The number of halogens is 9. The Labute approximate surface area is 253 Å². The summed E-state index contributed by atoms with van der Waals surface area (Å²) < 4.78 is 101. The average Bonchev–Trinajstić information content (AvgIpc) is 3.34. The molecule has 0 aliphatic carbocycles. The number of pyridine rings is 2. The van der Waals surface area contributed by atoms with Gasteiger partial charge in [0.2, 0.25) is 0 Å². The molecule has 21 heteroatoms. The molecule has 2 aliphatic rings. The molecule has 0 unspecified atom stereocenters. The first-order valence-corrected chi connectivity index (χ1v) is 12.4. The number of carbonyl (C=O) groups excluding carboxylic acids is 1. The minimum atomic E-state index is -5.08. The molecule has 0 spiro atoms.